The molecular weight excluding hydrogens is 763 g/mol. The maximum Gasteiger partial charge on any atom is 0.410 e. The molecule has 0 spiro atoms. The predicted molar refractivity (Wildman–Crippen MR) is 244 cm³/mol. The summed E-state index contributed by atoms with van der Waals surface area (Å²) in [6.07, 6.45) is 3.72. The Labute approximate surface area is 360 Å². The highest BCUT2D eigenvalue weighted by Gasteiger charge is 2.28. The van der Waals surface area contributed by atoms with Gasteiger partial charge in [0.05, 0.1) is 23.1 Å². The summed E-state index contributed by atoms with van der Waals surface area (Å²) in [7, 11) is 0. The Morgan fingerprint density at radius 3 is 2.31 bits per heavy atom. The van der Waals surface area contributed by atoms with Crippen molar-refractivity contribution in [3.63, 3.8) is 0 Å². The lowest BCUT2D eigenvalue weighted by atomic mass is 9.96. The number of para-hydroxylation sites is 2. The summed E-state index contributed by atoms with van der Waals surface area (Å²) in [5, 5.41) is 0. The van der Waals surface area contributed by atoms with E-state index in [-0.39, 0.29) is 6.09 Å². The molecule has 3 aromatic heterocycles. The molecule has 8 rings (SSSR count). The van der Waals surface area contributed by atoms with Gasteiger partial charge in [0.15, 0.2) is 0 Å². The minimum absolute atomic E-state index is 0.262. The molecule has 11 nitrogen and oxygen atoms in total. The van der Waals surface area contributed by atoms with Crippen molar-refractivity contribution in [2.75, 3.05) is 55.7 Å². The highest BCUT2D eigenvalue weighted by Crippen LogP contribution is 2.38. The van der Waals surface area contributed by atoms with Crippen LogP contribution in [0.15, 0.2) is 91.1 Å². The van der Waals surface area contributed by atoms with E-state index in [4.69, 9.17) is 29.2 Å². The summed E-state index contributed by atoms with van der Waals surface area (Å²) in [6, 6.07) is 30.1. The molecule has 11 heteroatoms. The molecule has 5 heterocycles. The number of piperazine rings is 1. The fourth-order valence-corrected chi connectivity index (χ4v) is 8.70. The number of carbonyl (C=O) groups is 1. The van der Waals surface area contributed by atoms with E-state index in [1.807, 2.05) is 58.2 Å². The van der Waals surface area contributed by atoms with E-state index in [2.05, 4.69) is 95.8 Å². The number of benzene rings is 3. The van der Waals surface area contributed by atoms with Crippen LogP contribution in [-0.4, -0.2) is 88.1 Å². The van der Waals surface area contributed by atoms with Crippen LogP contribution in [0, 0.1) is 20.8 Å². The van der Waals surface area contributed by atoms with Gasteiger partial charge in [-0.2, -0.15) is 0 Å². The van der Waals surface area contributed by atoms with Crippen LogP contribution >= 0.6 is 0 Å². The monoisotopic (exact) mass is 821 g/mol. The molecule has 0 saturated carbocycles. The molecule has 0 aliphatic carbocycles. The Balaban J connectivity index is 1.17. The lowest BCUT2D eigenvalue weighted by Crippen LogP contribution is -2.50. The van der Waals surface area contributed by atoms with Crippen LogP contribution < -0.4 is 14.5 Å². The number of nitrogens with zero attached hydrogens (tertiary/aromatic N) is 7. The molecule has 0 N–H and O–H groups in total. The van der Waals surface area contributed by atoms with Gasteiger partial charge in [-0.05, 0) is 132 Å². The van der Waals surface area contributed by atoms with Gasteiger partial charge in [0, 0.05) is 75.1 Å². The zero-order chi connectivity index (χ0) is 42.7. The van der Waals surface area contributed by atoms with Crippen LogP contribution in [0.5, 0.6) is 5.88 Å². The maximum absolute atomic E-state index is 12.7. The first-order valence-corrected chi connectivity index (χ1v) is 21.7. The minimum Gasteiger partial charge on any atom is -0.472 e. The second-order valence-electron chi connectivity index (χ2n) is 17.3. The predicted octanol–water partition coefficient (Wildman–Crippen LogP) is 9.78. The lowest BCUT2D eigenvalue weighted by Gasteiger charge is -2.37. The standard InChI is InChI=1S/C50H59N7O4/c1-8-56(41-20-26-59-27-21-41)44-30-39(38-18-19-45(51-31-38)54-22-24-55(25-23-54)49(58)61-50(5,6)7)29-40(36(44)4)32-57-43-17-13-12-16-42(43)53-47(57)46-34(2)28-35(3)52-48(46)60-33-37-14-10-9-11-15-37/h9-19,28-31,41H,8,20-27,32-33H2,1-7H3. The zero-order valence-electron chi connectivity index (χ0n) is 36.8. The van der Waals surface area contributed by atoms with E-state index in [1.165, 1.54) is 16.8 Å². The number of amides is 1. The molecular formula is C50H59N7O4. The number of carbonyl (C=O) groups excluding carboxylic acids is 1. The average Bonchev–Trinajstić information content (AvgIpc) is 3.61. The van der Waals surface area contributed by atoms with Gasteiger partial charge in [-0.25, -0.2) is 19.7 Å². The topological polar surface area (TPSA) is 98.1 Å². The van der Waals surface area contributed by atoms with Gasteiger partial charge >= 0.3 is 6.09 Å². The Bertz CT molecular complexity index is 2460. The summed E-state index contributed by atoms with van der Waals surface area (Å²) in [5.41, 5.74) is 11.2. The number of hydrogen-bond donors (Lipinski definition) is 0. The van der Waals surface area contributed by atoms with E-state index in [9.17, 15) is 4.79 Å². The normalized spacial score (nSPS) is 15.0. The number of aryl methyl sites for hydroxylation is 2. The SMILES string of the molecule is CCN(c1cc(-c2ccc(N3CCN(C(=O)OC(C)(C)C)CC3)nc2)cc(Cn2c(-c3c(C)cc(C)nc3OCc3ccccc3)nc3ccccc32)c1C)C1CCOCC1. The lowest BCUT2D eigenvalue weighted by molar-refractivity contribution is 0.0240. The van der Waals surface area contributed by atoms with Crippen molar-refractivity contribution >= 4 is 28.6 Å². The zero-order valence-corrected chi connectivity index (χ0v) is 36.8. The quantitative estimate of drug-likeness (QED) is 0.127. The molecule has 318 valence electrons. The van der Waals surface area contributed by atoms with E-state index in [1.54, 1.807) is 4.90 Å². The van der Waals surface area contributed by atoms with Crippen LogP contribution in [-0.2, 0) is 22.6 Å². The van der Waals surface area contributed by atoms with Crippen LogP contribution in [0.25, 0.3) is 33.5 Å². The van der Waals surface area contributed by atoms with Crippen molar-refractivity contribution in [2.45, 2.75) is 86.1 Å². The Hall–Kier alpha value is -5.94. The van der Waals surface area contributed by atoms with Crippen molar-refractivity contribution in [2.24, 2.45) is 0 Å². The summed E-state index contributed by atoms with van der Waals surface area (Å²) >= 11 is 0. The smallest absolute Gasteiger partial charge is 0.410 e. The molecule has 0 radical (unpaired) electrons. The Morgan fingerprint density at radius 2 is 1.61 bits per heavy atom. The highest BCUT2D eigenvalue weighted by atomic mass is 16.6. The number of rotatable bonds is 11. The molecule has 61 heavy (non-hydrogen) atoms. The summed E-state index contributed by atoms with van der Waals surface area (Å²) in [5.74, 6) is 2.31. The fourth-order valence-electron chi connectivity index (χ4n) is 8.70. The van der Waals surface area contributed by atoms with Crippen molar-refractivity contribution in [1.29, 1.82) is 0 Å². The molecule has 0 bridgehead atoms. The van der Waals surface area contributed by atoms with Gasteiger partial charge in [-0.15, -0.1) is 0 Å². The molecule has 6 aromatic rings. The largest absolute Gasteiger partial charge is 0.472 e. The Kier molecular flexibility index (Phi) is 12.3. The van der Waals surface area contributed by atoms with Crippen molar-refractivity contribution < 1.29 is 19.0 Å². The number of imidazole rings is 1. The van der Waals surface area contributed by atoms with E-state index < -0.39 is 5.60 Å². The van der Waals surface area contributed by atoms with E-state index >= 15 is 0 Å². The molecule has 2 aliphatic heterocycles. The van der Waals surface area contributed by atoms with Crippen LogP contribution in [0.1, 0.15) is 68.5 Å². The number of anilines is 2. The Morgan fingerprint density at radius 1 is 0.869 bits per heavy atom. The second-order valence-corrected chi connectivity index (χ2v) is 17.3. The molecule has 2 aliphatic rings. The molecule has 2 saturated heterocycles. The van der Waals surface area contributed by atoms with Crippen LogP contribution in [0.4, 0.5) is 16.3 Å². The molecule has 0 unspecified atom stereocenters. The highest BCUT2D eigenvalue weighted by molar-refractivity contribution is 5.83. The molecule has 2 fully saturated rings. The van der Waals surface area contributed by atoms with Gasteiger partial charge < -0.3 is 33.5 Å². The summed E-state index contributed by atoms with van der Waals surface area (Å²) < 4.78 is 20.3. The maximum atomic E-state index is 12.7. The number of aromatic nitrogens is 4. The first-order chi connectivity index (χ1) is 29.5. The van der Waals surface area contributed by atoms with Gasteiger partial charge in [-0.1, -0.05) is 42.5 Å². The molecule has 0 atom stereocenters. The molecule has 3 aromatic carbocycles. The minimum atomic E-state index is -0.520. The summed E-state index contributed by atoms with van der Waals surface area (Å²) in [6.45, 7) is 20.3. The van der Waals surface area contributed by atoms with E-state index in [0.29, 0.717) is 51.3 Å². The third kappa shape index (κ3) is 9.37. The van der Waals surface area contributed by atoms with Crippen molar-refractivity contribution in [1.82, 2.24) is 24.4 Å². The van der Waals surface area contributed by atoms with E-state index in [0.717, 1.165) is 88.8 Å². The summed E-state index contributed by atoms with van der Waals surface area (Å²) in [4.78, 5) is 34.6. The van der Waals surface area contributed by atoms with Crippen molar-refractivity contribution in [3.05, 3.63) is 119 Å². The fraction of sp³-hybridized carbons (Fsp3) is 0.400. The van der Waals surface area contributed by atoms with Gasteiger partial charge in [0.25, 0.3) is 0 Å². The van der Waals surface area contributed by atoms with Crippen LogP contribution in [0.2, 0.25) is 0 Å². The first-order valence-electron chi connectivity index (χ1n) is 21.7. The second kappa shape index (κ2) is 18.0. The average molecular weight is 822 g/mol. The number of hydrogen-bond acceptors (Lipinski definition) is 9. The number of pyridine rings is 2. The first kappa shape index (κ1) is 41.8. The number of ether oxygens (including phenoxy) is 3. The third-order valence-electron chi connectivity index (χ3n) is 11.8. The third-order valence-corrected chi connectivity index (χ3v) is 11.8. The van der Waals surface area contributed by atoms with Gasteiger partial charge in [0.1, 0.15) is 23.9 Å². The van der Waals surface area contributed by atoms with Gasteiger partial charge in [-0.3, -0.25) is 0 Å². The number of fused-ring (bicyclic) bond motifs is 1. The molecule has 1 amide bonds. The van der Waals surface area contributed by atoms with Crippen molar-refractivity contribution in [3.8, 4) is 28.4 Å². The van der Waals surface area contributed by atoms with Crippen LogP contribution in [0.3, 0.4) is 0 Å². The van der Waals surface area contributed by atoms with Gasteiger partial charge in [0.2, 0.25) is 5.88 Å².